The molecule has 4 rings (SSSR count). The van der Waals surface area contributed by atoms with Gasteiger partial charge in [0.2, 0.25) is 0 Å². The minimum atomic E-state index is -3.69. The number of hydrogen-bond donors (Lipinski definition) is 0. The van der Waals surface area contributed by atoms with E-state index in [1.54, 1.807) is 0 Å². The van der Waals surface area contributed by atoms with Crippen molar-refractivity contribution in [1.29, 1.82) is 0 Å². The first kappa shape index (κ1) is 26.9. The third-order valence-corrected chi connectivity index (χ3v) is 21.0. The van der Waals surface area contributed by atoms with Gasteiger partial charge in [0.15, 0.2) is 0 Å². The SMILES string of the molecule is CN(C)c1cc[c]([Sn]([c]2ccc(N(C)C)cc2)([c]2ccc(N(C)C)cc2)[c]2ccc(N(C)C)cc2)cc1. The Bertz CT molecular complexity index is 1080. The zero-order valence-corrected chi connectivity index (χ0v) is 26.4. The third-order valence-electron chi connectivity index (χ3n) is 7.27. The van der Waals surface area contributed by atoms with E-state index in [1.165, 1.54) is 37.1 Å². The van der Waals surface area contributed by atoms with Crippen molar-refractivity contribution in [3.8, 4) is 0 Å². The van der Waals surface area contributed by atoms with Crippen molar-refractivity contribution in [2.24, 2.45) is 0 Å². The van der Waals surface area contributed by atoms with Gasteiger partial charge in [0.1, 0.15) is 0 Å². The first-order chi connectivity index (χ1) is 17.6. The van der Waals surface area contributed by atoms with Crippen molar-refractivity contribution >= 4 is 55.4 Å². The number of nitrogens with zero attached hydrogens (tertiary/aromatic N) is 4. The molecule has 4 aromatic carbocycles. The summed E-state index contributed by atoms with van der Waals surface area (Å²) in [6.45, 7) is 0. The summed E-state index contributed by atoms with van der Waals surface area (Å²) in [5, 5.41) is 0. The molecule has 0 unspecified atom stereocenters. The second-order valence-corrected chi connectivity index (χ2v) is 21.4. The molecule has 0 spiro atoms. The van der Waals surface area contributed by atoms with E-state index in [4.69, 9.17) is 0 Å². The molecule has 37 heavy (non-hydrogen) atoms. The van der Waals surface area contributed by atoms with Crippen molar-refractivity contribution in [3.63, 3.8) is 0 Å². The summed E-state index contributed by atoms with van der Waals surface area (Å²) in [5.41, 5.74) is 4.88. The maximum absolute atomic E-state index is 3.69. The molecule has 0 heterocycles. The van der Waals surface area contributed by atoms with E-state index in [9.17, 15) is 0 Å². The molecule has 0 aliphatic rings. The molecule has 0 aromatic heterocycles. The number of hydrogen-bond acceptors (Lipinski definition) is 4. The molecule has 0 aliphatic heterocycles. The Morgan fingerprint density at radius 2 is 0.459 bits per heavy atom. The predicted molar refractivity (Wildman–Crippen MR) is 167 cm³/mol. The molecule has 4 nitrogen and oxygen atoms in total. The standard InChI is InChI=1S/4C8H10N.Sn/c4*1-9(2)8-6-4-3-5-7-8;/h4*4-7H,1-2H3;. The molecule has 5 heteroatoms. The monoisotopic (exact) mass is 600 g/mol. The van der Waals surface area contributed by atoms with Crippen LogP contribution < -0.4 is 33.9 Å². The van der Waals surface area contributed by atoms with Gasteiger partial charge in [-0.3, -0.25) is 0 Å². The summed E-state index contributed by atoms with van der Waals surface area (Å²) >= 11 is -3.69. The van der Waals surface area contributed by atoms with E-state index in [1.807, 2.05) is 0 Å². The fourth-order valence-electron chi connectivity index (χ4n) is 5.04. The van der Waals surface area contributed by atoms with Crippen molar-refractivity contribution < 1.29 is 0 Å². The molecule has 0 amide bonds. The Hall–Kier alpha value is -3.12. The van der Waals surface area contributed by atoms with Gasteiger partial charge in [-0.2, -0.15) is 0 Å². The molecule has 0 radical (unpaired) electrons. The second-order valence-electron chi connectivity index (χ2n) is 10.5. The molecule has 0 fully saturated rings. The number of rotatable bonds is 8. The first-order valence-electron chi connectivity index (χ1n) is 12.8. The Morgan fingerprint density at radius 3 is 0.595 bits per heavy atom. The quantitative estimate of drug-likeness (QED) is 0.289. The minimum absolute atomic E-state index is 1.22. The van der Waals surface area contributed by atoms with E-state index in [0.29, 0.717) is 0 Å². The van der Waals surface area contributed by atoms with Crippen LogP contribution in [0.5, 0.6) is 0 Å². The Kier molecular flexibility index (Phi) is 8.07. The van der Waals surface area contributed by atoms with Crippen molar-refractivity contribution in [3.05, 3.63) is 97.1 Å². The van der Waals surface area contributed by atoms with E-state index in [2.05, 4.69) is 173 Å². The van der Waals surface area contributed by atoms with Gasteiger partial charge in [-0.1, -0.05) is 0 Å². The van der Waals surface area contributed by atoms with Crippen LogP contribution in [0, 0.1) is 0 Å². The number of benzene rings is 4. The van der Waals surface area contributed by atoms with Gasteiger partial charge < -0.3 is 0 Å². The van der Waals surface area contributed by atoms with Crippen LogP contribution in [0.2, 0.25) is 0 Å². The van der Waals surface area contributed by atoms with Crippen molar-refractivity contribution in [2.75, 3.05) is 76.0 Å². The van der Waals surface area contributed by atoms with E-state index < -0.39 is 18.4 Å². The Balaban J connectivity index is 2.05. The van der Waals surface area contributed by atoms with E-state index >= 15 is 0 Å². The summed E-state index contributed by atoms with van der Waals surface area (Å²) in [7, 11) is 16.8. The van der Waals surface area contributed by atoms with Gasteiger partial charge in [0, 0.05) is 0 Å². The van der Waals surface area contributed by atoms with E-state index in [-0.39, 0.29) is 0 Å². The Morgan fingerprint density at radius 1 is 0.297 bits per heavy atom. The van der Waals surface area contributed by atoms with Crippen LogP contribution in [0.1, 0.15) is 0 Å². The van der Waals surface area contributed by atoms with Gasteiger partial charge >= 0.3 is 228 Å². The summed E-state index contributed by atoms with van der Waals surface area (Å²) in [4.78, 5) is 8.68. The Labute approximate surface area is 227 Å². The fourth-order valence-corrected chi connectivity index (χ4v) is 18.4. The van der Waals surface area contributed by atoms with Crippen molar-refractivity contribution in [2.45, 2.75) is 0 Å². The van der Waals surface area contributed by atoms with Gasteiger partial charge in [-0.05, 0) is 0 Å². The molecule has 0 saturated heterocycles. The molecule has 0 N–H and O–H groups in total. The molecule has 4 aromatic rings. The summed E-state index contributed by atoms with van der Waals surface area (Å²) in [5.74, 6) is 0. The molecule has 192 valence electrons. The maximum atomic E-state index is 2.38. The second kappa shape index (κ2) is 11.1. The topological polar surface area (TPSA) is 13.0 Å². The third kappa shape index (κ3) is 5.30. The molecule has 0 atom stereocenters. The molecule has 0 aliphatic carbocycles. The molecule has 0 saturated carbocycles. The number of anilines is 4. The van der Waals surface area contributed by atoms with Crippen LogP contribution in [-0.2, 0) is 0 Å². The average Bonchev–Trinajstić information content (AvgIpc) is 2.90. The van der Waals surface area contributed by atoms with E-state index in [0.717, 1.165) is 0 Å². The van der Waals surface area contributed by atoms with Gasteiger partial charge in [0.05, 0.1) is 0 Å². The fraction of sp³-hybridized carbons (Fsp3) is 0.250. The normalized spacial score (nSPS) is 11.2. The van der Waals surface area contributed by atoms with Crippen LogP contribution in [0.3, 0.4) is 0 Å². The van der Waals surface area contributed by atoms with Crippen LogP contribution in [0.15, 0.2) is 97.1 Å². The van der Waals surface area contributed by atoms with Gasteiger partial charge in [-0.15, -0.1) is 0 Å². The van der Waals surface area contributed by atoms with Gasteiger partial charge in [-0.25, -0.2) is 0 Å². The van der Waals surface area contributed by atoms with Gasteiger partial charge in [0.25, 0.3) is 0 Å². The summed E-state index contributed by atoms with van der Waals surface area (Å²) < 4.78 is 5.81. The summed E-state index contributed by atoms with van der Waals surface area (Å²) in [6.07, 6.45) is 0. The zero-order valence-electron chi connectivity index (χ0n) is 23.5. The van der Waals surface area contributed by atoms with Crippen LogP contribution in [-0.4, -0.2) is 74.8 Å². The van der Waals surface area contributed by atoms with Crippen LogP contribution in [0.25, 0.3) is 0 Å². The molecule has 0 bridgehead atoms. The molecular formula is C32H40N4Sn. The van der Waals surface area contributed by atoms with Crippen LogP contribution >= 0.6 is 0 Å². The van der Waals surface area contributed by atoms with Crippen LogP contribution in [0.4, 0.5) is 22.7 Å². The average molecular weight is 599 g/mol. The first-order valence-corrected chi connectivity index (χ1v) is 18.5. The predicted octanol–water partition coefficient (Wildman–Crippen LogP) is 3.33. The molecular weight excluding hydrogens is 559 g/mol. The zero-order chi connectivity index (χ0) is 26.7. The van der Waals surface area contributed by atoms with Crippen molar-refractivity contribution in [1.82, 2.24) is 0 Å². The summed E-state index contributed by atoms with van der Waals surface area (Å²) in [6, 6.07) is 37.2.